The predicted molar refractivity (Wildman–Crippen MR) is 90.9 cm³/mol. The largest absolute Gasteiger partial charge is 0.324 e. The zero-order chi connectivity index (χ0) is 16.3. The molecule has 0 aliphatic rings. The Hall–Kier alpha value is -1.94. The van der Waals surface area contributed by atoms with Crippen LogP contribution in [0.3, 0.4) is 0 Å². The summed E-state index contributed by atoms with van der Waals surface area (Å²) in [5.41, 5.74) is 10.8. The highest BCUT2D eigenvalue weighted by molar-refractivity contribution is 5.64. The fourth-order valence-corrected chi connectivity index (χ4v) is 2.49. The van der Waals surface area contributed by atoms with Crippen LogP contribution in [0.4, 0.5) is 0 Å². The molecule has 1 unspecified atom stereocenters. The molecule has 0 aliphatic carbocycles. The van der Waals surface area contributed by atoms with E-state index in [1.165, 1.54) is 5.56 Å². The van der Waals surface area contributed by atoms with Crippen molar-refractivity contribution in [1.29, 1.82) is 0 Å². The first-order valence-electron chi connectivity index (χ1n) is 7.89. The van der Waals surface area contributed by atoms with Crippen molar-refractivity contribution < 1.29 is 0 Å². The lowest BCUT2D eigenvalue weighted by Crippen LogP contribution is -2.29. The Bertz CT molecular complexity index is 717. The van der Waals surface area contributed by atoms with Crippen LogP contribution in [-0.4, -0.2) is 9.78 Å². The van der Waals surface area contributed by atoms with E-state index in [4.69, 9.17) is 5.73 Å². The van der Waals surface area contributed by atoms with Crippen molar-refractivity contribution in [3.05, 3.63) is 51.3 Å². The van der Waals surface area contributed by atoms with Crippen LogP contribution in [0.15, 0.2) is 29.1 Å². The van der Waals surface area contributed by atoms with Gasteiger partial charge in [-0.25, -0.2) is 4.68 Å². The average molecular weight is 299 g/mol. The van der Waals surface area contributed by atoms with E-state index in [1.807, 2.05) is 13.0 Å². The van der Waals surface area contributed by atoms with Gasteiger partial charge in [0.05, 0.1) is 5.69 Å². The second-order valence-corrected chi connectivity index (χ2v) is 5.97. The minimum absolute atomic E-state index is 0.0718. The summed E-state index contributed by atoms with van der Waals surface area (Å²) in [6, 6.07) is 7.82. The molecule has 0 spiro atoms. The van der Waals surface area contributed by atoms with Gasteiger partial charge in [-0.2, -0.15) is 5.10 Å². The number of hydrogen-bond donors (Lipinski definition) is 1. The molecule has 22 heavy (non-hydrogen) atoms. The van der Waals surface area contributed by atoms with E-state index >= 15 is 0 Å². The van der Waals surface area contributed by atoms with Crippen LogP contribution in [0.2, 0.25) is 0 Å². The molecule has 1 aromatic carbocycles. The van der Waals surface area contributed by atoms with Crippen LogP contribution in [0.5, 0.6) is 0 Å². The summed E-state index contributed by atoms with van der Waals surface area (Å²) in [6.45, 7) is 8.69. The third kappa shape index (κ3) is 3.45. The van der Waals surface area contributed by atoms with Crippen molar-refractivity contribution in [1.82, 2.24) is 9.78 Å². The minimum Gasteiger partial charge on any atom is -0.324 e. The maximum Gasteiger partial charge on any atom is 0.271 e. The molecule has 118 valence electrons. The number of aromatic nitrogens is 2. The van der Waals surface area contributed by atoms with E-state index in [-0.39, 0.29) is 11.6 Å². The highest BCUT2D eigenvalue weighted by atomic mass is 16.1. The first kappa shape index (κ1) is 16.4. The molecule has 0 aliphatic heterocycles. The molecule has 0 radical (unpaired) electrons. The predicted octanol–water partition coefficient (Wildman–Crippen LogP) is 3.35. The molecular weight excluding hydrogens is 274 g/mol. The van der Waals surface area contributed by atoms with Gasteiger partial charge in [-0.15, -0.1) is 0 Å². The van der Waals surface area contributed by atoms with Crippen molar-refractivity contribution in [3.63, 3.8) is 0 Å². The number of nitrogens with zero attached hydrogens (tertiary/aromatic N) is 2. The monoisotopic (exact) mass is 299 g/mol. The first-order valence-corrected chi connectivity index (χ1v) is 7.89. The van der Waals surface area contributed by atoms with Gasteiger partial charge in [-0.05, 0) is 44.9 Å². The Balaban J connectivity index is 2.63. The third-order valence-electron chi connectivity index (χ3n) is 3.89. The van der Waals surface area contributed by atoms with Gasteiger partial charge in [-0.3, -0.25) is 4.79 Å². The number of hydrogen-bond acceptors (Lipinski definition) is 3. The molecule has 0 saturated heterocycles. The van der Waals surface area contributed by atoms with E-state index in [9.17, 15) is 4.79 Å². The Kier molecular flexibility index (Phi) is 5.14. The molecule has 2 N–H and O–H groups in total. The lowest BCUT2D eigenvalue weighted by molar-refractivity contribution is 0.536. The van der Waals surface area contributed by atoms with Gasteiger partial charge in [0.1, 0.15) is 0 Å². The average Bonchev–Trinajstić information content (AvgIpc) is 2.48. The Morgan fingerprint density at radius 2 is 2.00 bits per heavy atom. The summed E-state index contributed by atoms with van der Waals surface area (Å²) in [5, 5.41) is 4.57. The van der Waals surface area contributed by atoms with Gasteiger partial charge in [-0.1, -0.05) is 31.0 Å². The Labute approximate surface area is 132 Å². The van der Waals surface area contributed by atoms with Gasteiger partial charge < -0.3 is 5.73 Å². The quantitative estimate of drug-likeness (QED) is 0.921. The summed E-state index contributed by atoms with van der Waals surface area (Å²) in [6.07, 6.45) is 1.96. The van der Waals surface area contributed by atoms with E-state index in [0.29, 0.717) is 12.1 Å². The molecule has 2 aromatic rings. The number of rotatable bonds is 5. The van der Waals surface area contributed by atoms with Gasteiger partial charge in [0.25, 0.3) is 5.56 Å². The third-order valence-corrected chi connectivity index (χ3v) is 3.89. The molecule has 1 aromatic heterocycles. The molecule has 0 amide bonds. The van der Waals surface area contributed by atoms with Crippen molar-refractivity contribution in [3.8, 4) is 11.3 Å². The van der Waals surface area contributed by atoms with Gasteiger partial charge in [0.15, 0.2) is 0 Å². The van der Waals surface area contributed by atoms with E-state index in [2.05, 4.69) is 44.1 Å². The molecule has 4 heteroatoms. The summed E-state index contributed by atoms with van der Waals surface area (Å²) in [4.78, 5) is 12.5. The lowest BCUT2D eigenvalue weighted by Gasteiger charge is -2.14. The zero-order valence-corrected chi connectivity index (χ0v) is 13.9. The van der Waals surface area contributed by atoms with Crippen molar-refractivity contribution in [2.45, 2.75) is 53.1 Å². The van der Waals surface area contributed by atoms with Crippen LogP contribution in [0, 0.1) is 13.8 Å². The van der Waals surface area contributed by atoms with Crippen LogP contribution in [0.25, 0.3) is 11.3 Å². The van der Waals surface area contributed by atoms with E-state index in [0.717, 1.165) is 29.7 Å². The van der Waals surface area contributed by atoms with Crippen LogP contribution in [0.1, 0.15) is 49.4 Å². The van der Waals surface area contributed by atoms with Crippen molar-refractivity contribution in [2.75, 3.05) is 0 Å². The van der Waals surface area contributed by atoms with Crippen molar-refractivity contribution >= 4 is 0 Å². The maximum absolute atomic E-state index is 12.5. The topological polar surface area (TPSA) is 60.9 Å². The van der Waals surface area contributed by atoms with Gasteiger partial charge >= 0.3 is 0 Å². The molecule has 2 rings (SSSR count). The van der Waals surface area contributed by atoms with E-state index < -0.39 is 0 Å². The van der Waals surface area contributed by atoms with Gasteiger partial charge in [0.2, 0.25) is 0 Å². The summed E-state index contributed by atoms with van der Waals surface area (Å²) in [7, 11) is 0. The molecular formula is C18H25N3O. The number of unbranched alkanes of at least 4 members (excludes halogenated alkanes) is 1. The van der Waals surface area contributed by atoms with Gasteiger partial charge in [0, 0.05) is 23.7 Å². The first-order chi connectivity index (χ1) is 10.4. The summed E-state index contributed by atoms with van der Waals surface area (Å²) >= 11 is 0. The second kappa shape index (κ2) is 6.88. The molecule has 1 heterocycles. The standard InChI is InChI=1S/C18H25N3O/c1-5-6-9-21-18(22)16(14(4)19)11-17(20-21)15-10-12(2)7-8-13(15)3/h7-8,10-11,14H,5-6,9,19H2,1-4H3. The zero-order valence-electron chi connectivity index (χ0n) is 13.9. The summed E-state index contributed by atoms with van der Waals surface area (Å²) < 4.78 is 1.57. The Morgan fingerprint density at radius 1 is 1.27 bits per heavy atom. The van der Waals surface area contributed by atoms with Crippen LogP contribution in [-0.2, 0) is 6.54 Å². The smallest absolute Gasteiger partial charge is 0.271 e. The van der Waals surface area contributed by atoms with Crippen molar-refractivity contribution in [2.24, 2.45) is 5.73 Å². The second-order valence-electron chi connectivity index (χ2n) is 5.97. The molecule has 1 atom stereocenters. The van der Waals surface area contributed by atoms with E-state index in [1.54, 1.807) is 4.68 Å². The van der Waals surface area contributed by atoms with Crippen LogP contribution >= 0.6 is 0 Å². The number of aryl methyl sites for hydroxylation is 3. The lowest BCUT2D eigenvalue weighted by atomic mass is 10.0. The molecule has 0 saturated carbocycles. The normalized spacial score (nSPS) is 12.4. The Morgan fingerprint density at radius 3 is 2.64 bits per heavy atom. The fourth-order valence-electron chi connectivity index (χ4n) is 2.49. The summed E-state index contributed by atoms with van der Waals surface area (Å²) in [5.74, 6) is 0. The fraction of sp³-hybridized carbons (Fsp3) is 0.444. The molecule has 0 bridgehead atoms. The van der Waals surface area contributed by atoms with Crippen LogP contribution < -0.4 is 11.3 Å². The SMILES string of the molecule is CCCCn1nc(-c2cc(C)ccc2C)cc(C(C)N)c1=O. The highest BCUT2D eigenvalue weighted by Gasteiger charge is 2.14. The maximum atomic E-state index is 12.5. The number of benzene rings is 1. The molecule has 4 nitrogen and oxygen atoms in total. The number of nitrogens with two attached hydrogens (primary N) is 1. The molecule has 0 fully saturated rings. The highest BCUT2D eigenvalue weighted by Crippen LogP contribution is 2.23. The minimum atomic E-state index is -0.299.